The van der Waals surface area contributed by atoms with Gasteiger partial charge in [-0.1, -0.05) is 0 Å². The minimum atomic E-state index is 0.602. The molecule has 2 rings (SSSR count). The summed E-state index contributed by atoms with van der Waals surface area (Å²) in [5.74, 6) is 1.40. The Morgan fingerprint density at radius 3 is 2.94 bits per heavy atom. The molecule has 0 radical (unpaired) electrons. The number of ether oxygens (including phenoxy) is 2. The number of hydrogen-bond donors (Lipinski definition) is 1. The van der Waals surface area contributed by atoms with E-state index in [9.17, 15) is 0 Å². The first-order chi connectivity index (χ1) is 8.70. The van der Waals surface area contributed by atoms with Crippen LogP contribution in [0.2, 0.25) is 0 Å². The molecule has 4 heteroatoms. The maximum atomic E-state index is 6.05. The van der Waals surface area contributed by atoms with Gasteiger partial charge in [0.15, 0.2) is 0 Å². The summed E-state index contributed by atoms with van der Waals surface area (Å²) >= 11 is 0. The van der Waals surface area contributed by atoms with Crippen LogP contribution in [0.5, 0.6) is 5.75 Å². The normalized spacial score (nSPS) is 19.6. The summed E-state index contributed by atoms with van der Waals surface area (Å²) in [5, 5.41) is 0. The first-order valence-electron chi connectivity index (χ1n) is 6.43. The van der Waals surface area contributed by atoms with Crippen LogP contribution in [-0.2, 0) is 4.74 Å². The van der Waals surface area contributed by atoms with E-state index in [0.717, 1.165) is 43.3 Å². The Kier molecular flexibility index (Phi) is 4.31. The highest BCUT2D eigenvalue weighted by molar-refractivity contribution is 5.69. The van der Waals surface area contributed by atoms with Gasteiger partial charge in [-0.15, -0.1) is 0 Å². The first-order valence-corrected chi connectivity index (χ1v) is 6.43. The molecule has 18 heavy (non-hydrogen) atoms. The molecule has 1 unspecified atom stereocenters. The van der Waals surface area contributed by atoms with Crippen molar-refractivity contribution in [1.29, 1.82) is 0 Å². The lowest BCUT2D eigenvalue weighted by Gasteiger charge is -2.29. The molecule has 1 aliphatic rings. The molecule has 0 aromatic heterocycles. The van der Waals surface area contributed by atoms with Crippen LogP contribution in [0.15, 0.2) is 18.2 Å². The topological polar surface area (TPSA) is 47.7 Å². The van der Waals surface area contributed by atoms with E-state index in [1.807, 2.05) is 18.2 Å². The molecule has 4 nitrogen and oxygen atoms in total. The molecule has 2 N–H and O–H groups in total. The maximum Gasteiger partial charge on any atom is 0.121 e. The molecule has 1 saturated heterocycles. The van der Waals surface area contributed by atoms with E-state index in [0.29, 0.717) is 5.92 Å². The second-order valence-corrected chi connectivity index (χ2v) is 4.89. The van der Waals surface area contributed by atoms with E-state index in [1.54, 1.807) is 7.11 Å². The Morgan fingerprint density at radius 2 is 2.33 bits per heavy atom. The van der Waals surface area contributed by atoms with Crippen LogP contribution in [0, 0.1) is 5.92 Å². The molecule has 0 aliphatic carbocycles. The molecule has 1 aromatic carbocycles. The molecule has 0 spiro atoms. The summed E-state index contributed by atoms with van der Waals surface area (Å²) in [6, 6.07) is 5.82. The van der Waals surface area contributed by atoms with Crippen molar-refractivity contribution in [3.63, 3.8) is 0 Å². The quantitative estimate of drug-likeness (QED) is 0.832. The van der Waals surface area contributed by atoms with Crippen molar-refractivity contribution < 1.29 is 9.47 Å². The summed E-state index contributed by atoms with van der Waals surface area (Å²) in [6.07, 6.45) is 2.40. The molecule has 0 bridgehead atoms. The van der Waals surface area contributed by atoms with Gasteiger partial charge in [-0.2, -0.15) is 0 Å². The van der Waals surface area contributed by atoms with E-state index in [-0.39, 0.29) is 0 Å². The van der Waals surface area contributed by atoms with Gasteiger partial charge in [0.1, 0.15) is 5.75 Å². The molecule has 1 heterocycles. The van der Waals surface area contributed by atoms with Crippen molar-refractivity contribution in [2.24, 2.45) is 5.92 Å². The summed E-state index contributed by atoms with van der Waals surface area (Å²) in [7, 11) is 3.73. The predicted molar refractivity (Wildman–Crippen MR) is 74.2 cm³/mol. The van der Waals surface area contributed by atoms with Gasteiger partial charge in [-0.3, -0.25) is 0 Å². The van der Waals surface area contributed by atoms with E-state index in [4.69, 9.17) is 15.2 Å². The lowest BCUT2D eigenvalue weighted by Crippen LogP contribution is -2.31. The highest BCUT2D eigenvalue weighted by Gasteiger charge is 2.17. The summed E-state index contributed by atoms with van der Waals surface area (Å²) in [6.45, 7) is 2.75. The third-order valence-corrected chi connectivity index (χ3v) is 3.43. The minimum absolute atomic E-state index is 0.602. The Labute approximate surface area is 109 Å². The molecular weight excluding hydrogens is 228 g/mol. The van der Waals surface area contributed by atoms with Crippen molar-refractivity contribution in [3.05, 3.63) is 18.2 Å². The van der Waals surface area contributed by atoms with Crippen LogP contribution in [-0.4, -0.2) is 33.9 Å². The van der Waals surface area contributed by atoms with Gasteiger partial charge in [-0.25, -0.2) is 0 Å². The summed E-state index contributed by atoms with van der Waals surface area (Å²) in [5.41, 5.74) is 7.86. The molecule has 1 fully saturated rings. The average molecular weight is 250 g/mol. The third-order valence-electron chi connectivity index (χ3n) is 3.43. The van der Waals surface area contributed by atoms with Crippen LogP contribution >= 0.6 is 0 Å². The fraction of sp³-hybridized carbons (Fsp3) is 0.571. The van der Waals surface area contributed by atoms with E-state index in [2.05, 4.69) is 11.9 Å². The Hall–Kier alpha value is -1.42. The van der Waals surface area contributed by atoms with Crippen molar-refractivity contribution in [2.45, 2.75) is 12.8 Å². The smallest absolute Gasteiger partial charge is 0.121 e. The average Bonchev–Trinajstić information content (AvgIpc) is 2.39. The molecule has 0 saturated carbocycles. The van der Waals surface area contributed by atoms with Gasteiger partial charge in [0, 0.05) is 26.3 Å². The SMILES string of the molecule is COc1ccc(N(C)CC2CCCOC2)c(N)c1. The van der Waals surface area contributed by atoms with Crippen molar-refractivity contribution in [2.75, 3.05) is 44.5 Å². The van der Waals surface area contributed by atoms with Gasteiger partial charge >= 0.3 is 0 Å². The molecule has 1 aromatic rings. The van der Waals surface area contributed by atoms with E-state index in [1.165, 1.54) is 6.42 Å². The zero-order valence-corrected chi connectivity index (χ0v) is 11.2. The fourth-order valence-corrected chi connectivity index (χ4v) is 2.44. The van der Waals surface area contributed by atoms with Crippen LogP contribution in [0.3, 0.4) is 0 Å². The molecule has 1 aliphatic heterocycles. The van der Waals surface area contributed by atoms with Gasteiger partial charge in [0.2, 0.25) is 0 Å². The van der Waals surface area contributed by atoms with Gasteiger partial charge in [0.25, 0.3) is 0 Å². The van der Waals surface area contributed by atoms with Gasteiger partial charge in [0.05, 0.1) is 25.1 Å². The first kappa shape index (κ1) is 13.0. The number of methoxy groups -OCH3 is 1. The number of anilines is 2. The van der Waals surface area contributed by atoms with E-state index >= 15 is 0 Å². The lowest BCUT2D eigenvalue weighted by molar-refractivity contribution is 0.0576. The maximum absolute atomic E-state index is 6.05. The Bertz CT molecular complexity index is 389. The highest BCUT2D eigenvalue weighted by Crippen LogP contribution is 2.28. The van der Waals surface area contributed by atoms with Crippen molar-refractivity contribution in [1.82, 2.24) is 0 Å². The van der Waals surface area contributed by atoms with Gasteiger partial charge in [-0.05, 0) is 30.9 Å². The number of hydrogen-bond acceptors (Lipinski definition) is 4. The minimum Gasteiger partial charge on any atom is -0.497 e. The van der Waals surface area contributed by atoms with Crippen LogP contribution in [0.4, 0.5) is 11.4 Å². The standard InChI is InChI=1S/C14H22N2O2/c1-16(9-11-4-3-7-18-10-11)14-6-5-12(17-2)8-13(14)15/h5-6,8,11H,3-4,7,9-10,15H2,1-2H3. The molecule has 0 amide bonds. The third kappa shape index (κ3) is 3.07. The summed E-state index contributed by atoms with van der Waals surface area (Å²) < 4.78 is 10.7. The molecule has 100 valence electrons. The van der Waals surface area contributed by atoms with Gasteiger partial charge < -0.3 is 20.1 Å². The van der Waals surface area contributed by atoms with Crippen molar-refractivity contribution in [3.8, 4) is 5.75 Å². The number of rotatable bonds is 4. The second kappa shape index (κ2) is 5.96. The number of nitrogens with two attached hydrogens (primary N) is 1. The molecular formula is C14H22N2O2. The number of benzene rings is 1. The lowest BCUT2D eigenvalue weighted by atomic mass is 10.0. The predicted octanol–water partition coefficient (Wildman–Crippen LogP) is 2.14. The second-order valence-electron chi connectivity index (χ2n) is 4.89. The highest BCUT2D eigenvalue weighted by atomic mass is 16.5. The van der Waals surface area contributed by atoms with E-state index < -0.39 is 0 Å². The Balaban J connectivity index is 2.01. The number of nitrogens with zero attached hydrogens (tertiary/aromatic N) is 1. The molecule has 1 atom stereocenters. The zero-order valence-electron chi connectivity index (χ0n) is 11.2. The van der Waals surface area contributed by atoms with Crippen LogP contribution < -0.4 is 15.4 Å². The monoisotopic (exact) mass is 250 g/mol. The number of nitrogen functional groups attached to an aromatic ring is 1. The van der Waals surface area contributed by atoms with Crippen LogP contribution in [0.1, 0.15) is 12.8 Å². The van der Waals surface area contributed by atoms with Crippen LogP contribution in [0.25, 0.3) is 0 Å². The zero-order chi connectivity index (χ0) is 13.0. The summed E-state index contributed by atoms with van der Waals surface area (Å²) in [4.78, 5) is 2.20. The fourth-order valence-electron chi connectivity index (χ4n) is 2.44. The van der Waals surface area contributed by atoms with Crippen molar-refractivity contribution >= 4 is 11.4 Å². The largest absolute Gasteiger partial charge is 0.497 e. The Morgan fingerprint density at radius 1 is 1.50 bits per heavy atom.